The van der Waals surface area contributed by atoms with Crippen molar-refractivity contribution < 1.29 is 14.6 Å². The summed E-state index contributed by atoms with van der Waals surface area (Å²) in [6, 6.07) is 0. The molecule has 0 aliphatic carbocycles. The highest BCUT2D eigenvalue weighted by Gasteiger charge is 2.32. The zero-order valence-electron chi connectivity index (χ0n) is 9.81. The minimum atomic E-state index is -0.948. The zero-order chi connectivity index (χ0) is 14.2. The number of nitrogens with zero attached hydrogens (tertiary/aromatic N) is 2. The van der Waals surface area contributed by atoms with E-state index >= 15 is 0 Å². The lowest BCUT2D eigenvalue weighted by molar-refractivity contribution is -0.396. The molecule has 0 aliphatic heterocycles. The molecule has 0 heterocycles. The Morgan fingerprint density at radius 1 is 0.944 bits per heavy atom. The number of rotatable bonds is 3. The summed E-state index contributed by atoms with van der Waals surface area (Å²) in [6.45, 7) is 3.97. The molecule has 1 rings (SSSR count). The molecule has 18 heavy (non-hydrogen) atoms. The number of nitro benzene ring substituents is 2. The number of hydrogen-bond acceptors (Lipinski definition) is 5. The molecule has 0 saturated carbocycles. The maximum Gasteiger partial charge on any atom is 0.282 e. The molecule has 0 atom stereocenters. The minimum absolute atomic E-state index is 0.0422. The Balaban J connectivity index is 3.94. The second-order valence-corrected chi connectivity index (χ2v) is 4.08. The van der Waals surface area contributed by atoms with Crippen molar-refractivity contribution in [3.05, 3.63) is 42.5 Å². The second-order valence-electron chi connectivity index (χ2n) is 3.74. The summed E-state index contributed by atoms with van der Waals surface area (Å²) >= 11 is 5.34. The highest BCUT2D eigenvalue weighted by molar-refractivity contribution is 6.68. The predicted molar refractivity (Wildman–Crippen MR) is 64.1 cm³/mol. The van der Waals surface area contributed by atoms with E-state index in [1.54, 1.807) is 0 Å². The van der Waals surface area contributed by atoms with Crippen molar-refractivity contribution in [3.63, 3.8) is 0 Å². The molecular weight excluding hydrogens is 264 g/mol. The molecule has 0 spiro atoms. The van der Waals surface area contributed by atoms with E-state index in [-0.39, 0.29) is 22.3 Å². The standard InChI is InChI=1S/C10H9ClN2O5/c1-4-7(10(11)14)5(2)9(13(17)18)6(3)8(4)12(15)16/h1-3H3. The summed E-state index contributed by atoms with van der Waals surface area (Å²) in [5.74, 6) is 0. The predicted octanol–water partition coefficient (Wildman–Crippen LogP) is 2.81. The van der Waals surface area contributed by atoms with E-state index in [4.69, 9.17) is 11.6 Å². The Bertz CT molecular complexity index is 480. The van der Waals surface area contributed by atoms with Crippen molar-refractivity contribution in [2.75, 3.05) is 0 Å². The summed E-state index contributed by atoms with van der Waals surface area (Å²) in [5, 5.41) is 20.9. The van der Waals surface area contributed by atoms with Gasteiger partial charge in [-0.2, -0.15) is 0 Å². The van der Waals surface area contributed by atoms with Crippen LogP contribution in [-0.2, 0) is 0 Å². The highest BCUT2D eigenvalue weighted by Crippen LogP contribution is 2.37. The molecule has 7 nitrogen and oxygen atoms in total. The van der Waals surface area contributed by atoms with Gasteiger partial charge < -0.3 is 0 Å². The Hall–Kier alpha value is -2.02. The van der Waals surface area contributed by atoms with E-state index in [0.717, 1.165) is 0 Å². The van der Waals surface area contributed by atoms with Crippen LogP contribution in [-0.4, -0.2) is 15.1 Å². The van der Waals surface area contributed by atoms with E-state index in [1.807, 2.05) is 0 Å². The summed E-state index contributed by atoms with van der Waals surface area (Å²) in [5.41, 5.74) is -1.07. The van der Waals surface area contributed by atoms with Crippen LogP contribution in [0.1, 0.15) is 27.0 Å². The average Bonchev–Trinajstić information content (AvgIpc) is 2.14. The van der Waals surface area contributed by atoms with Crippen molar-refractivity contribution in [1.82, 2.24) is 0 Å². The fourth-order valence-electron chi connectivity index (χ4n) is 2.04. The molecule has 0 saturated heterocycles. The van der Waals surface area contributed by atoms with Gasteiger partial charge in [0, 0.05) is 11.1 Å². The van der Waals surface area contributed by atoms with E-state index in [9.17, 15) is 25.0 Å². The first-order valence-electron chi connectivity index (χ1n) is 4.82. The van der Waals surface area contributed by atoms with Gasteiger partial charge in [0.1, 0.15) is 5.56 Å². The Labute approximate surface area is 107 Å². The van der Waals surface area contributed by atoms with Crippen LogP contribution in [0.5, 0.6) is 0 Å². The number of nitro groups is 2. The van der Waals surface area contributed by atoms with Crippen molar-refractivity contribution in [2.24, 2.45) is 0 Å². The van der Waals surface area contributed by atoms with Crippen LogP contribution in [0.2, 0.25) is 0 Å². The molecule has 0 bridgehead atoms. The van der Waals surface area contributed by atoms with Crippen LogP contribution >= 0.6 is 11.6 Å². The van der Waals surface area contributed by atoms with Gasteiger partial charge in [-0.15, -0.1) is 0 Å². The van der Waals surface area contributed by atoms with Crippen molar-refractivity contribution in [3.8, 4) is 0 Å². The number of carbonyl (C=O) groups excluding carboxylic acids is 1. The molecule has 0 aliphatic rings. The first-order valence-corrected chi connectivity index (χ1v) is 5.20. The quantitative estimate of drug-likeness (QED) is 0.478. The smallest absolute Gasteiger partial charge is 0.276 e. The topological polar surface area (TPSA) is 103 Å². The fraction of sp³-hybridized carbons (Fsp3) is 0.300. The lowest BCUT2D eigenvalue weighted by atomic mass is 9.96. The van der Waals surface area contributed by atoms with Crippen LogP contribution in [0.25, 0.3) is 0 Å². The molecule has 0 unspecified atom stereocenters. The van der Waals surface area contributed by atoms with Gasteiger partial charge in [-0.1, -0.05) is 0 Å². The van der Waals surface area contributed by atoms with Crippen molar-refractivity contribution in [2.45, 2.75) is 20.8 Å². The molecule has 0 fully saturated rings. The zero-order valence-corrected chi connectivity index (χ0v) is 10.6. The number of benzene rings is 1. The molecule has 0 radical (unpaired) electrons. The normalized spacial score (nSPS) is 10.2. The van der Waals surface area contributed by atoms with Crippen LogP contribution in [0.4, 0.5) is 11.4 Å². The monoisotopic (exact) mass is 272 g/mol. The first-order chi connectivity index (χ1) is 8.20. The second kappa shape index (κ2) is 4.69. The van der Waals surface area contributed by atoms with Gasteiger partial charge in [0.15, 0.2) is 0 Å². The van der Waals surface area contributed by atoms with Gasteiger partial charge in [-0.05, 0) is 32.4 Å². The number of carbonyl (C=O) groups is 1. The van der Waals surface area contributed by atoms with Gasteiger partial charge in [-0.3, -0.25) is 25.0 Å². The Morgan fingerprint density at radius 3 is 1.50 bits per heavy atom. The SMILES string of the molecule is Cc1c(C(=O)Cl)c(C)c([N+](=O)[O-])c(C)c1[N+](=O)[O-]. The Kier molecular flexibility index (Phi) is 3.66. The third-order valence-corrected chi connectivity index (χ3v) is 2.92. The van der Waals surface area contributed by atoms with Gasteiger partial charge >= 0.3 is 0 Å². The maximum atomic E-state index is 11.3. The van der Waals surface area contributed by atoms with E-state index in [1.165, 1.54) is 20.8 Å². The van der Waals surface area contributed by atoms with Crippen molar-refractivity contribution in [1.29, 1.82) is 0 Å². The average molecular weight is 273 g/mol. The van der Waals surface area contributed by atoms with Gasteiger partial charge in [0.2, 0.25) is 0 Å². The van der Waals surface area contributed by atoms with Crippen LogP contribution in [0.15, 0.2) is 0 Å². The largest absolute Gasteiger partial charge is 0.282 e. The summed E-state index contributed by atoms with van der Waals surface area (Å²) in [4.78, 5) is 31.6. The molecule has 96 valence electrons. The van der Waals surface area contributed by atoms with E-state index in [0.29, 0.717) is 0 Å². The van der Waals surface area contributed by atoms with E-state index < -0.39 is 26.5 Å². The molecular formula is C10H9ClN2O5. The lowest BCUT2D eigenvalue weighted by Crippen LogP contribution is -2.08. The third-order valence-electron chi connectivity index (χ3n) is 2.73. The molecule has 1 aromatic rings. The van der Waals surface area contributed by atoms with Crippen LogP contribution in [0.3, 0.4) is 0 Å². The number of hydrogen-bond donors (Lipinski definition) is 0. The molecule has 0 amide bonds. The lowest BCUT2D eigenvalue weighted by Gasteiger charge is -2.10. The molecule has 0 aromatic heterocycles. The van der Waals surface area contributed by atoms with Crippen LogP contribution in [0, 0.1) is 41.0 Å². The Morgan fingerprint density at radius 2 is 1.28 bits per heavy atom. The summed E-state index contributed by atoms with van der Waals surface area (Å²) in [7, 11) is 0. The highest BCUT2D eigenvalue weighted by atomic mass is 35.5. The van der Waals surface area contributed by atoms with Gasteiger partial charge in [-0.25, -0.2) is 0 Å². The van der Waals surface area contributed by atoms with Crippen LogP contribution < -0.4 is 0 Å². The molecule has 0 N–H and O–H groups in total. The molecule has 8 heteroatoms. The minimum Gasteiger partial charge on any atom is -0.276 e. The van der Waals surface area contributed by atoms with E-state index in [2.05, 4.69) is 0 Å². The first kappa shape index (κ1) is 14.0. The summed E-state index contributed by atoms with van der Waals surface area (Å²) < 4.78 is 0. The molecule has 1 aromatic carbocycles. The van der Waals surface area contributed by atoms with Gasteiger partial charge in [0.05, 0.1) is 15.4 Å². The van der Waals surface area contributed by atoms with Crippen molar-refractivity contribution >= 4 is 28.2 Å². The maximum absolute atomic E-state index is 11.3. The fourth-order valence-corrected chi connectivity index (χ4v) is 2.32. The number of halogens is 1. The third kappa shape index (κ3) is 2.04. The summed E-state index contributed by atoms with van der Waals surface area (Å²) in [6.07, 6.45) is 0. The van der Waals surface area contributed by atoms with Gasteiger partial charge in [0.25, 0.3) is 16.6 Å².